The van der Waals surface area contributed by atoms with Crippen molar-refractivity contribution in [1.29, 1.82) is 0 Å². The molecule has 0 aromatic carbocycles. The van der Waals surface area contributed by atoms with Crippen molar-refractivity contribution in [2.24, 2.45) is 11.7 Å². The molecule has 5 nitrogen and oxygen atoms in total. The van der Waals surface area contributed by atoms with Crippen molar-refractivity contribution in [3.8, 4) is 0 Å². The number of nitrogens with two attached hydrogens (primary N) is 1. The van der Waals surface area contributed by atoms with E-state index in [0.717, 1.165) is 32.0 Å². The highest BCUT2D eigenvalue weighted by Crippen LogP contribution is 2.20. The number of likely N-dealkylation sites (tertiary alicyclic amines) is 2. The first kappa shape index (κ1) is 16.7. The van der Waals surface area contributed by atoms with Crippen LogP contribution >= 0.6 is 0 Å². The van der Waals surface area contributed by atoms with Gasteiger partial charge in [-0.25, -0.2) is 0 Å². The Morgan fingerprint density at radius 3 is 2.43 bits per heavy atom. The summed E-state index contributed by atoms with van der Waals surface area (Å²) in [7, 11) is 1.89. The third kappa shape index (κ3) is 5.57. The quantitative estimate of drug-likeness (QED) is 0.747. The van der Waals surface area contributed by atoms with E-state index in [1.807, 2.05) is 11.9 Å². The van der Waals surface area contributed by atoms with Crippen molar-refractivity contribution in [2.75, 3.05) is 59.4 Å². The molecule has 0 aromatic heterocycles. The lowest BCUT2D eigenvalue weighted by molar-refractivity contribution is -0.131. The van der Waals surface area contributed by atoms with Crippen molar-refractivity contribution in [3.63, 3.8) is 0 Å². The number of carbonyl (C=O) groups is 1. The summed E-state index contributed by atoms with van der Waals surface area (Å²) >= 11 is 0. The Morgan fingerprint density at radius 2 is 1.81 bits per heavy atom. The van der Waals surface area contributed by atoms with Gasteiger partial charge in [-0.3, -0.25) is 9.69 Å². The minimum atomic E-state index is 0.237. The maximum absolute atomic E-state index is 12.1. The van der Waals surface area contributed by atoms with E-state index in [-0.39, 0.29) is 5.91 Å². The summed E-state index contributed by atoms with van der Waals surface area (Å²) in [6, 6.07) is 0. The monoisotopic (exact) mass is 296 g/mol. The Kier molecular flexibility index (Phi) is 6.93. The summed E-state index contributed by atoms with van der Waals surface area (Å²) in [5, 5.41) is 0. The molecule has 0 radical (unpaired) electrons. The predicted molar refractivity (Wildman–Crippen MR) is 86.1 cm³/mol. The van der Waals surface area contributed by atoms with Gasteiger partial charge in [0.1, 0.15) is 0 Å². The van der Waals surface area contributed by atoms with Crippen LogP contribution in [0.4, 0.5) is 0 Å². The summed E-state index contributed by atoms with van der Waals surface area (Å²) in [6.07, 6.45) is 6.14. The smallest absolute Gasteiger partial charge is 0.236 e. The van der Waals surface area contributed by atoms with Crippen LogP contribution in [0.2, 0.25) is 0 Å². The second-order valence-electron chi connectivity index (χ2n) is 6.68. The minimum absolute atomic E-state index is 0.237. The van der Waals surface area contributed by atoms with Gasteiger partial charge in [0.05, 0.1) is 6.54 Å². The van der Waals surface area contributed by atoms with Crippen molar-refractivity contribution in [1.82, 2.24) is 14.7 Å². The normalized spacial score (nSPS) is 21.8. The van der Waals surface area contributed by atoms with Gasteiger partial charge >= 0.3 is 0 Å². The summed E-state index contributed by atoms with van der Waals surface area (Å²) in [5.74, 6) is 1.07. The molecule has 2 saturated heterocycles. The zero-order valence-electron chi connectivity index (χ0n) is 13.6. The van der Waals surface area contributed by atoms with Crippen molar-refractivity contribution in [2.45, 2.75) is 32.1 Å². The fraction of sp³-hybridized carbons (Fsp3) is 0.938. The van der Waals surface area contributed by atoms with Crippen molar-refractivity contribution >= 4 is 5.91 Å². The number of hydrogen-bond acceptors (Lipinski definition) is 4. The number of amides is 1. The van der Waals surface area contributed by atoms with E-state index >= 15 is 0 Å². The Hall–Kier alpha value is -0.650. The van der Waals surface area contributed by atoms with Crippen LogP contribution in [-0.2, 0) is 4.79 Å². The molecule has 2 heterocycles. The third-order valence-electron chi connectivity index (χ3n) is 4.90. The Balaban J connectivity index is 1.62. The molecule has 0 atom stereocenters. The van der Waals surface area contributed by atoms with Gasteiger partial charge in [0.15, 0.2) is 0 Å². The molecule has 0 spiro atoms. The van der Waals surface area contributed by atoms with E-state index in [2.05, 4.69) is 9.80 Å². The van der Waals surface area contributed by atoms with Crippen LogP contribution in [0.5, 0.6) is 0 Å². The lowest BCUT2D eigenvalue weighted by Gasteiger charge is -2.34. The topological polar surface area (TPSA) is 52.8 Å². The molecule has 2 aliphatic heterocycles. The summed E-state index contributed by atoms with van der Waals surface area (Å²) in [4.78, 5) is 18.9. The highest BCUT2D eigenvalue weighted by Gasteiger charge is 2.24. The fourth-order valence-electron chi connectivity index (χ4n) is 3.42. The van der Waals surface area contributed by atoms with Crippen LogP contribution in [0.15, 0.2) is 0 Å². The molecule has 0 bridgehead atoms. The molecule has 1 amide bonds. The molecule has 0 aliphatic carbocycles. The Morgan fingerprint density at radius 1 is 1.14 bits per heavy atom. The first-order chi connectivity index (χ1) is 10.2. The number of rotatable bonds is 7. The number of likely N-dealkylation sites (N-methyl/N-ethyl adjacent to an activating group) is 1. The fourth-order valence-corrected chi connectivity index (χ4v) is 3.42. The molecule has 0 saturated carbocycles. The lowest BCUT2D eigenvalue weighted by atomic mass is 9.96. The zero-order valence-corrected chi connectivity index (χ0v) is 13.6. The van der Waals surface area contributed by atoms with Crippen LogP contribution in [0.1, 0.15) is 32.1 Å². The number of nitrogens with zero attached hydrogens (tertiary/aromatic N) is 3. The zero-order chi connectivity index (χ0) is 15.1. The van der Waals surface area contributed by atoms with E-state index in [9.17, 15) is 4.79 Å². The van der Waals surface area contributed by atoms with Crippen molar-refractivity contribution in [3.05, 3.63) is 0 Å². The molecule has 2 aliphatic rings. The average molecular weight is 296 g/mol. The molecule has 5 heteroatoms. The lowest BCUT2D eigenvalue weighted by Crippen LogP contribution is -2.44. The molecular formula is C16H32N4O. The molecule has 2 fully saturated rings. The van der Waals surface area contributed by atoms with Crippen LogP contribution in [-0.4, -0.2) is 80.0 Å². The molecule has 2 N–H and O–H groups in total. The molecule has 21 heavy (non-hydrogen) atoms. The van der Waals surface area contributed by atoms with Gasteiger partial charge in [-0.2, -0.15) is 0 Å². The molecule has 2 rings (SSSR count). The number of piperidine rings is 1. The van der Waals surface area contributed by atoms with Crippen LogP contribution in [0, 0.1) is 5.92 Å². The Bertz CT molecular complexity index is 309. The van der Waals surface area contributed by atoms with Crippen molar-refractivity contribution < 1.29 is 4.79 Å². The number of hydrogen-bond donors (Lipinski definition) is 1. The average Bonchev–Trinajstić information content (AvgIpc) is 2.99. The third-order valence-corrected chi connectivity index (χ3v) is 4.90. The van der Waals surface area contributed by atoms with E-state index in [1.165, 1.54) is 45.3 Å². The SMILES string of the molecule is CN(CCCN)C(=O)CN1CCC(CN2CCCC2)CC1. The summed E-state index contributed by atoms with van der Waals surface area (Å²) in [6.45, 7) is 8.04. The van der Waals surface area contributed by atoms with E-state index in [0.29, 0.717) is 13.1 Å². The highest BCUT2D eigenvalue weighted by atomic mass is 16.2. The molecular weight excluding hydrogens is 264 g/mol. The van der Waals surface area contributed by atoms with Gasteiger partial charge in [0.2, 0.25) is 5.91 Å². The van der Waals surface area contributed by atoms with Gasteiger partial charge in [-0.1, -0.05) is 0 Å². The van der Waals surface area contributed by atoms with Gasteiger partial charge in [-0.05, 0) is 70.7 Å². The standard InChI is InChI=1S/C16H32N4O/c1-18(8-4-7-17)16(21)14-20-11-5-15(6-12-20)13-19-9-2-3-10-19/h15H,2-14,17H2,1H3. The van der Waals surface area contributed by atoms with E-state index < -0.39 is 0 Å². The Labute approximate surface area is 129 Å². The van der Waals surface area contributed by atoms with E-state index in [1.54, 1.807) is 0 Å². The highest BCUT2D eigenvalue weighted by molar-refractivity contribution is 5.77. The van der Waals surface area contributed by atoms with Gasteiger partial charge < -0.3 is 15.5 Å². The predicted octanol–water partition coefficient (Wildman–Crippen LogP) is 0.601. The van der Waals surface area contributed by atoms with Gasteiger partial charge in [0.25, 0.3) is 0 Å². The molecule has 0 unspecified atom stereocenters. The second-order valence-corrected chi connectivity index (χ2v) is 6.68. The van der Waals surface area contributed by atoms with Gasteiger partial charge in [-0.15, -0.1) is 0 Å². The second kappa shape index (κ2) is 8.71. The largest absolute Gasteiger partial charge is 0.345 e. The summed E-state index contributed by atoms with van der Waals surface area (Å²) < 4.78 is 0. The van der Waals surface area contributed by atoms with Gasteiger partial charge in [0, 0.05) is 20.1 Å². The minimum Gasteiger partial charge on any atom is -0.345 e. The first-order valence-corrected chi connectivity index (χ1v) is 8.58. The molecule has 0 aromatic rings. The summed E-state index contributed by atoms with van der Waals surface area (Å²) in [5.41, 5.74) is 5.49. The van der Waals surface area contributed by atoms with Crippen LogP contribution in [0.3, 0.4) is 0 Å². The van der Waals surface area contributed by atoms with Crippen LogP contribution < -0.4 is 5.73 Å². The maximum Gasteiger partial charge on any atom is 0.236 e. The number of carbonyl (C=O) groups excluding carboxylic acids is 1. The van der Waals surface area contributed by atoms with E-state index in [4.69, 9.17) is 5.73 Å². The molecule has 122 valence electrons. The van der Waals surface area contributed by atoms with Crippen LogP contribution in [0.25, 0.3) is 0 Å². The first-order valence-electron chi connectivity index (χ1n) is 8.58. The maximum atomic E-state index is 12.1.